The molecule has 1 saturated heterocycles. The molecule has 0 aliphatic carbocycles. The van der Waals surface area contributed by atoms with Gasteiger partial charge in [-0.05, 0) is 24.4 Å². The molecule has 0 spiro atoms. The number of thiazole rings is 1. The van der Waals surface area contributed by atoms with E-state index in [0.717, 1.165) is 28.4 Å². The van der Waals surface area contributed by atoms with Gasteiger partial charge in [0.1, 0.15) is 11.9 Å². The summed E-state index contributed by atoms with van der Waals surface area (Å²) >= 11 is 1.02. The molecule has 2 aliphatic heterocycles. The molecule has 2 unspecified atom stereocenters. The molecule has 2 atom stereocenters. The van der Waals surface area contributed by atoms with Crippen LogP contribution in [0.25, 0.3) is 11.3 Å². The Hall–Kier alpha value is -3.48. The molecule has 174 valence electrons. The van der Waals surface area contributed by atoms with Crippen molar-refractivity contribution in [2.75, 3.05) is 26.0 Å². The lowest BCUT2D eigenvalue weighted by atomic mass is 10.1. The number of rotatable bonds is 4. The SMILES string of the molecule is CN1C(=O)C2C(C=CN2CC(=O)Nc2nc(-c3ccc(C(F)(F)F)c(F)c3)cs2)N(C)C1=O. The van der Waals surface area contributed by atoms with Crippen LogP contribution in [0.4, 0.5) is 27.5 Å². The van der Waals surface area contributed by atoms with Crippen LogP contribution in [0.5, 0.6) is 0 Å². The zero-order valence-electron chi connectivity index (χ0n) is 17.3. The molecule has 1 aromatic carbocycles. The second-order valence-electron chi connectivity index (χ2n) is 7.52. The van der Waals surface area contributed by atoms with Crippen molar-refractivity contribution in [3.8, 4) is 11.3 Å². The molecule has 1 fully saturated rings. The van der Waals surface area contributed by atoms with Crippen molar-refractivity contribution in [3.05, 3.63) is 47.2 Å². The summed E-state index contributed by atoms with van der Waals surface area (Å²) in [5.41, 5.74) is -1.04. The lowest BCUT2D eigenvalue weighted by Crippen LogP contribution is -2.63. The second kappa shape index (κ2) is 8.14. The van der Waals surface area contributed by atoms with Gasteiger partial charge in [-0.3, -0.25) is 14.5 Å². The first-order valence-electron chi connectivity index (χ1n) is 9.58. The number of amides is 4. The van der Waals surface area contributed by atoms with Crippen molar-refractivity contribution in [2.24, 2.45) is 0 Å². The number of hydrogen-bond acceptors (Lipinski definition) is 6. The minimum absolute atomic E-state index is 0.131. The Bertz CT molecular complexity index is 1160. The van der Waals surface area contributed by atoms with Crippen LogP contribution in [0, 0.1) is 5.82 Å². The number of likely N-dealkylation sites (N-methyl/N-ethyl adjacent to an activating group) is 2. The predicted octanol–water partition coefficient (Wildman–Crippen LogP) is 3.00. The summed E-state index contributed by atoms with van der Waals surface area (Å²) in [5.74, 6) is -2.34. The fourth-order valence-electron chi connectivity index (χ4n) is 3.72. The minimum atomic E-state index is -4.80. The van der Waals surface area contributed by atoms with E-state index in [4.69, 9.17) is 0 Å². The van der Waals surface area contributed by atoms with Crippen LogP contribution in [-0.4, -0.2) is 70.3 Å². The number of nitrogens with zero attached hydrogens (tertiary/aromatic N) is 4. The highest BCUT2D eigenvalue weighted by Gasteiger charge is 2.47. The van der Waals surface area contributed by atoms with E-state index < -0.39 is 47.5 Å². The molecule has 13 heteroatoms. The number of nitrogens with one attached hydrogen (secondary N) is 1. The van der Waals surface area contributed by atoms with Gasteiger partial charge in [0, 0.05) is 25.0 Å². The zero-order chi connectivity index (χ0) is 24.1. The number of fused-ring (bicyclic) bond motifs is 1. The topological polar surface area (TPSA) is 85.8 Å². The highest BCUT2D eigenvalue weighted by atomic mass is 32.1. The number of halogens is 4. The molecule has 0 bridgehead atoms. The number of carbonyl (C=O) groups excluding carboxylic acids is 3. The molecule has 33 heavy (non-hydrogen) atoms. The van der Waals surface area contributed by atoms with Gasteiger partial charge in [-0.15, -0.1) is 11.3 Å². The van der Waals surface area contributed by atoms with Crippen molar-refractivity contribution < 1.29 is 31.9 Å². The maximum absolute atomic E-state index is 13.8. The van der Waals surface area contributed by atoms with E-state index in [1.165, 1.54) is 22.2 Å². The third-order valence-electron chi connectivity index (χ3n) is 5.42. The molecular weight excluding hydrogens is 466 g/mol. The monoisotopic (exact) mass is 483 g/mol. The van der Waals surface area contributed by atoms with Gasteiger partial charge in [0.05, 0.1) is 23.8 Å². The molecule has 4 rings (SSSR count). The molecular formula is C20H17F4N5O3S. The van der Waals surface area contributed by atoms with Crippen molar-refractivity contribution in [2.45, 2.75) is 18.3 Å². The summed E-state index contributed by atoms with van der Waals surface area (Å²) in [6, 6.07) is 0.817. The summed E-state index contributed by atoms with van der Waals surface area (Å²) in [6.07, 6.45) is -1.56. The van der Waals surface area contributed by atoms with Gasteiger partial charge < -0.3 is 15.1 Å². The van der Waals surface area contributed by atoms with E-state index in [0.29, 0.717) is 6.07 Å². The lowest BCUT2D eigenvalue weighted by molar-refractivity contribution is -0.140. The highest BCUT2D eigenvalue weighted by Crippen LogP contribution is 2.34. The average Bonchev–Trinajstić information content (AvgIpc) is 3.37. The Morgan fingerprint density at radius 2 is 1.97 bits per heavy atom. The number of carbonyl (C=O) groups is 3. The first-order chi connectivity index (χ1) is 15.5. The number of anilines is 1. The van der Waals surface area contributed by atoms with Crippen LogP contribution in [0.1, 0.15) is 5.56 Å². The van der Waals surface area contributed by atoms with Crippen molar-refractivity contribution in [3.63, 3.8) is 0 Å². The quantitative estimate of drug-likeness (QED) is 0.676. The van der Waals surface area contributed by atoms with Crippen molar-refractivity contribution >= 4 is 34.3 Å². The molecule has 2 aromatic rings. The molecule has 0 radical (unpaired) electrons. The van der Waals surface area contributed by atoms with Gasteiger partial charge in [-0.1, -0.05) is 6.07 Å². The van der Waals surface area contributed by atoms with Crippen LogP contribution in [-0.2, 0) is 15.8 Å². The smallest absolute Gasteiger partial charge is 0.355 e. The normalized spacial score (nSPS) is 20.5. The standard InChI is InChI=1S/C20H17F4N5O3S/c1-27-14-5-6-29(16(14)17(31)28(2)19(27)32)8-15(30)26-18-25-13(9-33-18)10-3-4-11(12(21)7-10)20(22,23)24/h3-7,9,14,16H,8H2,1-2H3,(H,25,26,30). The Labute approximate surface area is 189 Å². The van der Waals surface area contributed by atoms with E-state index in [2.05, 4.69) is 10.3 Å². The molecule has 3 heterocycles. The minimum Gasteiger partial charge on any atom is -0.355 e. The summed E-state index contributed by atoms with van der Waals surface area (Å²) in [5, 5.41) is 4.20. The fraction of sp³-hybridized carbons (Fsp3) is 0.300. The summed E-state index contributed by atoms with van der Waals surface area (Å²) in [4.78, 5) is 45.2. The zero-order valence-corrected chi connectivity index (χ0v) is 18.1. The highest BCUT2D eigenvalue weighted by molar-refractivity contribution is 7.14. The molecule has 1 N–H and O–H groups in total. The number of imide groups is 1. The second-order valence-corrected chi connectivity index (χ2v) is 8.38. The average molecular weight is 483 g/mol. The van der Waals surface area contributed by atoms with Gasteiger partial charge >= 0.3 is 12.2 Å². The third-order valence-corrected chi connectivity index (χ3v) is 6.18. The molecule has 8 nitrogen and oxygen atoms in total. The predicted molar refractivity (Wildman–Crippen MR) is 110 cm³/mol. The van der Waals surface area contributed by atoms with Crippen LogP contribution < -0.4 is 5.32 Å². The number of benzene rings is 1. The van der Waals surface area contributed by atoms with E-state index >= 15 is 0 Å². The number of aromatic nitrogens is 1. The summed E-state index contributed by atoms with van der Waals surface area (Å²) < 4.78 is 52.0. The van der Waals surface area contributed by atoms with Gasteiger partial charge in [0.2, 0.25) is 5.91 Å². The number of hydrogen-bond donors (Lipinski definition) is 1. The summed E-state index contributed by atoms with van der Waals surface area (Å²) in [7, 11) is 2.94. The van der Waals surface area contributed by atoms with Gasteiger partial charge in [-0.25, -0.2) is 14.2 Å². The molecule has 4 amide bonds. The van der Waals surface area contributed by atoms with E-state index in [-0.39, 0.29) is 22.9 Å². The molecule has 2 aliphatic rings. The first-order valence-corrected chi connectivity index (χ1v) is 10.5. The van der Waals surface area contributed by atoms with Crippen LogP contribution in [0.2, 0.25) is 0 Å². The maximum Gasteiger partial charge on any atom is 0.419 e. The lowest BCUT2D eigenvalue weighted by Gasteiger charge is -2.40. The fourth-order valence-corrected chi connectivity index (χ4v) is 4.46. The third kappa shape index (κ3) is 4.15. The van der Waals surface area contributed by atoms with Crippen molar-refractivity contribution in [1.82, 2.24) is 19.7 Å². The Morgan fingerprint density at radius 1 is 1.24 bits per heavy atom. The number of alkyl halides is 3. The van der Waals surface area contributed by atoms with E-state index in [9.17, 15) is 31.9 Å². The molecule has 1 aromatic heterocycles. The Kier molecular flexibility index (Phi) is 5.60. The van der Waals surface area contributed by atoms with Gasteiger partial charge in [0.25, 0.3) is 5.91 Å². The van der Waals surface area contributed by atoms with Crippen LogP contribution in [0.15, 0.2) is 35.9 Å². The van der Waals surface area contributed by atoms with Crippen LogP contribution in [0.3, 0.4) is 0 Å². The number of urea groups is 1. The molecule has 0 saturated carbocycles. The van der Waals surface area contributed by atoms with E-state index in [1.54, 1.807) is 19.3 Å². The Morgan fingerprint density at radius 3 is 2.64 bits per heavy atom. The first kappa shape index (κ1) is 22.7. The van der Waals surface area contributed by atoms with Crippen LogP contribution >= 0.6 is 11.3 Å². The summed E-state index contributed by atoms with van der Waals surface area (Å²) in [6.45, 7) is -0.191. The maximum atomic E-state index is 13.8. The van der Waals surface area contributed by atoms with E-state index in [1.807, 2.05) is 0 Å². The largest absolute Gasteiger partial charge is 0.419 e. The Balaban J connectivity index is 1.43. The van der Waals surface area contributed by atoms with Crippen molar-refractivity contribution in [1.29, 1.82) is 0 Å². The van der Waals surface area contributed by atoms with Gasteiger partial charge in [0.15, 0.2) is 5.13 Å². The van der Waals surface area contributed by atoms with Gasteiger partial charge in [-0.2, -0.15) is 13.2 Å².